The van der Waals surface area contributed by atoms with E-state index in [0.29, 0.717) is 24.2 Å². The second-order valence-corrected chi connectivity index (χ2v) is 8.19. The van der Waals surface area contributed by atoms with Crippen molar-refractivity contribution in [3.8, 4) is 0 Å². The minimum atomic E-state index is -3.24. The summed E-state index contributed by atoms with van der Waals surface area (Å²) < 4.78 is 26.4. The molecule has 0 amide bonds. The maximum absolute atomic E-state index is 11.9. The lowest BCUT2D eigenvalue weighted by atomic mass is 9.98. The molecule has 5 nitrogen and oxygen atoms in total. The first kappa shape index (κ1) is 18.1. The lowest BCUT2D eigenvalue weighted by molar-refractivity contribution is 0.161. The van der Waals surface area contributed by atoms with Crippen LogP contribution in [-0.4, -0.2) is 44.2 Å². The largest absolute Gasteiger partial charge is 0.382 e. The van der Waals surface area contributed by atoms with Crippen LogP contribution in [0.1, 0.15) is 40.0 Å². The summed E-state index contributed by atoms with van der Waals surface area (Å²) in [5.41, 5.74) is 1.60. The third-order valence-electron chi connectivity index (χ3n) is 4.40. The van der Waals surface area contributed by atoms with Gasteiger partial charge >= 0.3 is 0 Å². The van der Waals surface area contributed by atoms with Crippen LogP contribution in [0.25, 0.3) is 0 Å². The van der Waals surface area contributed by atoms with E-state index < -0.39 is 10.0 Å². The number of hydrogen-bond acceptors (Lipinski definition) is 4. The summed E-state index contributed by atoms with van der Waals surface area (Å²) in [6.07, 6.45) is 2.84. The molecule has 0 aliphatic carbocycles. The predicted octanol–water partition coefficient (Wildman–Crippen LogP) is 3.12. The molecule has 0 saturated carbocycles. The Morgan fingerprint density at radius 1 is 1.26 bits per heavy atom. The lowest BCUT2D eigenvalue weighted by Crippen LogP contribution is -2.44. The average molecular weight is 340 g/mol. The molecule has 130 valence electrons. The molecular formula is C17H29N3O2S. The molecule has 1 fully saturated rings. The van der Waals surface area contributed by atoms with Gasteiger partial charge in [-0.3, -0.25) is 4.72 Å². The quantitative estimate of drug-likeness (QED) is 0.801. The van der Waals surface area contributed by atoms with Gasteiger partial charge in [-0.2, -0.15) is 0 Å². The van der Waals surface area contributed by atoms with E-state index in [0.717, 1.165) is 31.6 Å². The summed E-state index contributed by atoms with van der Waals surface area (Å²) in [5.74, 6) is 0.150. The van der Waals surface area contributed by atoms with Crippen LogP contribution >= 0.6 is 0 Å². The van der Waals surface area contributed by atoms with E-state index in [1.807, 2.05) is 25.1 Å². The van der Waals surface area contributed by atoms with Crippen molar-refractivity contribution in [2.75, 3.05) is 28.9 Å². The summed E-state index contributed by atoms with van der Waals surface area (Å²) in [7, 11) is -3.24. The zero-order chi connectivity index (χ0) is 16.9. The maximum Gasteiger partial charge on any atom is 0.232 e. The number of benzene rings is 1. The molecule has 2 rings (SSSR count). The predicted molar refractivity (Wildman–Crippen MR) is 97.5 cm³/mol. The molecule has 1 saturated heterocycles. The monoisotopic (exact) mass is 339 g/mol. The molecule has 1 aromatic carbocycles. The highest BCUT2D eigenvalue weighted by atomic mass is 32.2. The average Bonchev–Trinajstić information content (AvgIpc) is 2.47. The molecule has 0 radical (unpaired) electrons. The summed E-state index contributed by atoms with van der Waals surface area (Å²) >= 11 is 0. The van der Waals surface area contributed by atoms with Crippen LogP contribution in [0.5, 0.6) is 0 Å². The van der Waals surface area contributed by atoms with Crippen LogP contribution < -0.4 is 10.0 Å². The van der Waals surface area contributed by atoms with Crippen LogP contribution in [0.3, 0.4) is 0 Å². The van der Waals surface area contributed by atoms with Crippen molar-refractivity contribution in [1.29, 1.82) is 0 Å². The zero-order valence-electron chi connectivity index (χ0n) is 14.4. The van der Waals surface area contributed by atoms with Crippen molar-refractivity contribution in [1.82, 2.24) is 4.90 Å². The Hall–Kier alpha value is -1.27. The van der Waals surface area contributed by atoms with Crippen molar-refractivity contribution in [3.63, 3.8) is 0 Å². The highest BCUT2D eigenvalue weighted by Crippen LogP contribution is 2.23. The number of anilines is 2. The van der Waals surface area contributed by atoms with Crippen molar-refractivity contribution in [3.05, 3.63) is 24.3 Å². The van der Waals surface area contributed by atoms with E-state index >= 15 is 0 Å². The van der Waals surface area contributed by atoms with Gasteiger partial charge in [0.1, 0.15) is 0 Å². The smallest absolute Gasteiger partial charge is 0.232 e. The molecule has 0 unspecified atom stereocenters. The fourth-order valence-corrected chi connectivity index (χ4v) is 4.35. The summed E-state index contributed by atoms with van der Waals surface area (Å²) in [6, 6.07) is 8.57. The highest BCUT2D eigenvalue weighted by molar-refractivity contribution is 7.92. The zero-order valence-corrected chi connectivity index (χ0v) is 15.2. The van der Waals surface area contributed by atoms with Gasteiger partial charge in [-0.25, -0.2) is 8.42 Å². The Morgan fingerprint density at radius 3 is 2.65 bits per heavy atom. The second kappa shape index (κ2) is 8.02. The van der Waals surface area contributed by atoms with Gasteiger partial charge in [-0.1, -0.05) is 19.9 Å². The van der Waals surface area contributed by atoms with Gasteiger partial charge < -0.3 is 10.2 Å². The minimum Gasteiger partial charge on any atom is -0.382 e. The summed E-state index contributed by atoms with van der Waals surface area (Å²) in [4.78, 5) is 2.49. The normalized spacial score (nSPS) is 22.7. The summed E-state index contributed by atoms with van der Waals surface area (Å²) in [5, 5.41) is 3.55. The van der Waals surface area contributed by atoms with E-state index in [1.54, 1.807) is 6.07 Å². The third-order valence-corrected chi connectivity index (χ3v) is 5.89. The number of nitrogens with one attached hydrogen (secondary N) is 2. The Kier molecular flexibility index (Phi) is 6.30. The topological polar surface area (TPSA) is 61.4 Å². The van der Waals surface area contributed by atoms with Crippen molar-refractivity contribution >= 4 is 21.4 Å². The molecular weight excluding hydrogens is 310 g/mol. The molecule has 23 heavy (non-hydrogen) atoms. The van der Waals surface area contributed by atoms with Crippen molar-refractivity contribution < 1.29 is 8.42 Å². The van der Waals surface area contributed by atoms with E-state index in [-0.39, 0.29) is 5.75 Å². The standard InChI is InChI=1S/C17H29N3O2S/c1-4-11-23(21,22)19-17-8-6-7-15(13-17)18-16-9-10-20(5-2)14(3)12-16/h6-8,13-14,16,18-19H,4-5,9-12H2,1-3H3/t14-,16+/m0/s1. The molecule has 1 aliphatic rings. The number of nitrogens with zero attached hydrogens (tertiary/aromatic N) is 1. The van der Waals surface area contributed by atoms with Crippen LogP contribution in [0, 0.1) is 0 Å². The fraction of sp³-hybridized carbons (Fsp3) is 0.647. The first-order valence-electron chi connectivity index (χ1n) is 8.54. The van der Waals surface area contributed by atoms with Crippen LogP contribution in [-0.2, 0) is 10.0 Å². The van der Waals surface area contributed by atoms with Crippen LogP contribution in [0.2, 0.25) is 0 Å². The molecule has 6 heteroatoms. The SMILES string of the molecule is CCCS(=O)(=O)Nc1cccc(N[C@@H]2CCN(CC)[C@@H](C)C2)c1. The number of rotatable bonds is 7. The highest BCUT2D eigenvalue weighted by Gasteiger charge is 2.24. The maximum atomic E-state index is 11.9. The van der Waals surface area contributed by atoms with Gasteiger partial charge in [0.25, 0.3) is 0 Å². The molecule has 0 aromatic heterocycles. The first-order chi connectivity index (χ1) is 10.9. The molecule has 1 aromatic rings. The summed E-state index contributed by atoms with van der Waals surface area (Å²) in [6.45, 7) is 8.55. The van der Waals surface area contributed by atoms with Gasteiger partial charge in [0.05, 0.1) is 11.4 Å². The first-order valence-corrected chi connectivity index (χ1v) is 10.2. The van der Waals surface area contributed by atoms with Gasteiger partial charge in [-0.05, 0) is 50.9 Å². The van der Waals surface area contributed by atoms with Crippen molar-refractivity contribution in [2.45, 2.75) is 52.1 Å². The number of likely N-dealkylation sites (tertiary alicyclic amines) is 1. The van der Waals surface area contributed by atoms with E-state index in [9.17, 15) is 8.42 Å². The van der Waals surface area contributed by atoms with E-state index in [4.69, 9.17) is 0 Å². The molecule has 0 bridgehead atoms. The molecule has 2 atom stereocenters. The van der Waals surface area contributed by atoms with Crippen LogP contribution in [0.4, 0.5) is 11.4 Å². The second-order valence-electron chi connectivity index (χ2n) is 6.34. The Balaban J connectivity index is 1.98. The fourth-order valence-electron chi connectivity index (χ4n) is 3.23. The number of sulfonamides is 1. The van der Waals surface area contributed by atoms with Gasteiger partial charge in [0.2, 0.25) is 10.0 Å². The molecule has 1 aliphatic heterocycles. The Morgan fingerprint density at radius 2 is 2.00 bits per heavy atom. The van der Waals surface area contributed by atoms with Crippen molar-refractivity contribution in [2.24, 2.45) is 0 Å². The molecule has 0 spiro atoms. The lowest BCUT2D eigenvalue weighted by Gasteiger charge is -2.37. The van der Waals surface area contributed by atoms with E-state index in [1.165, 1.54) is 0 Å². The van der Waals surface area contributed by atoms with Gasteiger partial charge in [0, 0.05) is 24.3 Å². The number of hydrogen-bond donors (Lipinski definition) is 2. The molecule has 2 N–H and O–H groups in total. The molecule has 1 heterocycles. The van der Waals surface area contributed by atoms with Gasteiger partial charge in [-0.15, -0.1) is 0 Å². The van der Waals surface area contributed by atoms with Crippen LogP contribution in [0.15, 0.2) is 24.3 Å². The number of piperidine rings is 1. The van der Waals surface area contributed by atoms with E-state index in [2.05, 4.69) is 28.8 Å². The minimum absolute atomic E-state index is 0.150. The Bertz CT molecular complexity index is 604. The third kappa shape index (κ3) is 5.39. The Labute approximate surface area is 140 Å². The van der Waals surface area contributed by atoms with Gasteiger partial charge in [0.15, 0.2) is 0 Å².